The van der Waals surface area contributed by atoms with Crippen molar-refractivity contribution in [3.63, 3.8) is 0 Å². The van der Waals surface area contributed by atoms with Crippen LogP contribution in [0.15, 0.2) is 18.2 Å². The third-order valence-corrected chi connectivity index (χ3v) is 2.08. The number of ether oxygens (including phenoxy) is 1. The zero-order valence-electron chi connectivity index (χ0n) is 12.3. The van der Waals surface area contributed by atoms with Gasteiger partial charge < -0.3 is 4.74 Å². The molecule has 17 heavy (non-hydrogen) atoms. The van der Waals surface area contributed by atoms with Crippen molar-refractivity contribution >= 4 is 11.6 Å². The van der Waals surface area contributed by atoms with Gasteiger partial charge in [-0.3, -0.25) is 0 Å². The molecule has 2 heteroatoms. The Morgan fingerprint density at radius 3 is 2.06 bits per heavy atom. The molecule has 1 nitrogen and oxygen atoms in total. The van der Waals surface area contributed by atoms with Gasteiger partial charge in [0.1, 0.15) is 5.75 Å². The highest BCUT2D eigenvalue weighted by Gasteiger charge is 2.03. The van der Waals surface area contributed by atoms with Crippen LogP contribution in [0.5, 0.6) is 5.75 Å². The Labute approximate surface area is 112 Å². The zero-order valence-corrected chi connectivity index (χ0v) is 13.1. The highest BCUT2D eigenvalue weighted by Crippen LogP contribution is 2.26. The fraction of sp³-hybridized carbons (Fsp3) is 0.600. The third kappa shape index (κ3) is 8.09. The standard InChI is InChI=1S/C11H15ClO.2C2H6/c1-4-9-5-6-10(12)11(7-9)13-8(2)3;2*1-2/h5-8H,4H2,1-3H3;2*1-2H3. The van der Waals surface area contributed by atoms with Crippen LogP contribution in [0.3, 0.4) is 0 Å². The Hall–Kier alpha value is -0.690. The van der Waals surface area contributed by atoms with E-state index < -0.39 is 0 Å². The zero-order chi connectivity index (χ0) is 13.8. The lowest BCUT2D eigenvalue weighted by molar-refractivity contribution is 0.242. The molecule has 100 valence electrons. The minimum absolute atomic E-state index is 0.171. The van der Waals surface area contributed by atoms with Crippen molar-refractivity contribution in [2.45, 2.75) is 61.0 Å². The van der Waals surface area contributed by atoms with E-state index in [-0.39, 0.29) is 6.10 Å². The van der Waals surface area contributed by atoms with Crippen molar-refractivity contribution in [2.75, 3.05) is 0 Å². The van der Waals surface area contributed by atoms with Crippen LogP contribution in [-0.4, -0.2) is 6.10 Å². The van der Waals surface area contributed by atoms with Crippen molar-refractivity contribution in [1.29, 1.82) is 0 Å². The molecule has 0 spiro atoms. The quantitative estimate of drug-likeness (QED) is 0.672. The summed E-state index contributed by atoms with van der Waals surface area (Å²) in [5.74, 6) is 0.788. The largest absolute Gasteiger partial charge is 0.489 e. The predicted molar refractivity (Wildman–Crippen MR) is 79.3 cm³/mol. The van der Waals surface area contributed by atoms with Gasteiger partial charge in [0.2, 0.25) is 0 Å². The number of aryl methyl sites for hydroxylation is 1. The van der Waals surface area contributed by atoms with Crippen LogP contribution in [0.4, 0.5) is 0 Å². The van der Waals surface area contributed by atoms with Crippen LogP contribution in [0.25, 0.3) is 0 Å². The fourth-order valence-electron chi connectivity index (χ4n) is 1.11. The van der Waals surface area contributed by atoms with E-state index in [0.717, 1.165) is 12.2 Å². The molecule has 0 heterocycles. The fourth-order valence-corrected chi connectivity index (χ4v) is 1.27. The van der Waals surface area contributed by atoms with Crippen LogP contribution in [0, 0.1) is 0 Å². The van der Waals surface area contributed by atoms with Gasteiger partial charge in [0.05, 0.1) is 11.1 Å². The van der Waals surface area contributed by atoms with Crippen LogP contribution in [-0.2, 0) is 6.42 Å². The van der Waals surface area contributed by atoms with Crippen LogP contribution < -0.4 is 4.74 Å². The van der Waals surface area contributed by atoms with Gasteiger partial charge in [-0.15, -0.1) is 0 Å². The van der Waals surface area contributed by atoms with Crippen molar-refractivity contribution in [1.82, 2.24) is 0 Å². The summed E-state index contributed by atoms with van der Waals surface area (Å²) in [6.45, 7) is 14.1. The Balaban J connectivity index is 0. The maximum Gasteiger partial charge on any atom is 0.138 e. The SMILES string of the molecule is CC.CC.CCc1ccc(Cl)c(OC(C)C)c1. The molecule has 0 radical (unpaired) electrons. The predicted octanol–water partition coefficient (Wildman–Crippen LogP) is 5.74. The van der Waals surface area contributed by atoms with Crippen molar-refractivity contribution in [3.05, 3.63) is 28.8 Å². The molecule has 1 aromatic rings. The van der Waals surface area contributed by atoms with Gasteiger partial charge in [0, 0.05) is 0 Å². The summed E-state index contributed by atoms with van der Waals surface area (Å²) < 4.78 is 5.56. The summed E-state index contributed by atoms with van der Waals surface area (Å²) in [7, 11) is 0. The minimum Gasteiger partial charge on any atom is -0.489 e. The maximum absolute atomic E-state index is 5.97. The van der Waals surface area contributed by atoms with Gasteiger partial charge in [-0.1, -0.05) is 52.3 Å². The molecule has 1 aromatic carbocycles. The average Bonchev–Trinajstić information content (AvgIpc) is 2.36. The second-order valence-corrected chi connectivity index (χ2v) is 3.69. The normalized spacial score (nSPS) is 8.76. The van der Waals surface area contributed by atoms with Gasteiger partial charge in [-0.2, -0.15) is 0 Å². The summed E-state index contributed by atoms with van der Waals surface area (Å²) in [6, 6.07) is 5.91. The average molecular weight is 259 g/mol. The lowest BCUT2D eigenvalue weighted by atomic mass is 10.2. The molecule has 0 atom stereocenters. The number of hydrogen-bond acceptors (Lipinski definition) is 1. The van der Waals surface area contributed by atoms with Crippen molar-refractivity contribution in [2.24, 2.45) is 0 Å². The lowest BCUT2D eigenvalue weighted by Crippen LogP contribution is -2.06. The van der Waals surface area contributed by atoms with Crippen LogP contribution in [0.2, 0.25) is 5.02 Å². The summed E-state index contributed by atoms with van der Waals surface area (Å²) >= 11 is 5.97. The Kier molecular flexibility index (Phi) is 12.9. The van der Waals surface area contributed by atoms with E-state index in [1.54, 1.807) is 0 Å². The minimum atomic E-state index is 0.171. The van der Waals surface area contributed by atoms with Gasteiger partial charge in [0.15, 0.2) is 0 Å². The molecule has 0 aliphatic heterocycles. The summed E-state index contributed by atoms with van der Waals surface area (Å²) in [6.07, 6.45) is 1.18. The molecule has 0 saturated carbocycles. The van der Waals surface area contributed by atoms with Gasteiger partial charge in [0.25, 0.3) is 0 Å². The van der Waals surface area contributed by atoms with Gasteiger partial charge in [-0.25, -0.2) is 0 Å². The topological polar surface area (TPSA) is 9.23 Å². The van der Waals surface area contributed by atoms with E-state index >= 15 is 0 Å². The first kappa shape index (κ1) is 18.7. The molecule has 0 aliphatic carbocycles. The maximum atomic E-state index is 5.97. The first-order chi connectivity index (χ1) is 8.13. The second-order valence-electron chi connectivity index (χ2n) is 3.28. The molecule has 0 fully saturated rings. The molecule has 0 aromatic heterocycles. The number of hydrogen-bond donors (Lipinski definition) is 0. The van der Waals surface area contributed by atoms with E-state index in [1.807, 2.05) is 59.7 Å². The van der Waals surface area contributed by atoms with Crippen molar-refractivity contribution < 1.29 is 4.74 Å². The van der Waals surface area contributed by atoms with Crippen LogP contribution in [0.1, 0.15) is 54.0 Å². The molecule has 1 rings (SSSR count). The number of rotatable bonds is 3. The molecule has 0 aliphatic rings. The Morgan fingerprint density at radius 2 is 1.65 bits per heavy atom. The molecule has 0 N–H and O–H groups in total. The van der Waals surface area contributed by atoms with E-state index in [1.165, 1.54) is 5.56 Å². The Morgan fingerprint density at radius 1 is 1.12 bits per heavy atom. The first-order valence-electron chi connectivity index (χ1n) is 6.58. The first-order valence-corrected chi connectivity index (χ1v) is 6.96. The van der Waals surface area contributed by atoms with Gasteiger partial charge >= 0.3 is 0 Å². The highest BCUT2D eigenvalue weighted by molar-refractivity contribution is 6.32. The van der Waals surface area contributed by atoms with Crippen molar-refractivity contribution in [3.8, 4) is 5.75 Å². The number of halogens is 1. The molecule has 0 saturated heterocycles. The smallest absolute Gasteiger partial charge is 0.138 e. The highest BCUT2D eigenvalue weighted by atomic mass is 35.5. The number of benzene rings is 1. The monoisotopic (exact) mass is 258 g/mol. The van der Waals surface area contributed by atoms with E-state index in [0.29, 0.717) is 5.02 Å². The molecule has 0 unspecified atom stereocenters. The van der Waals surface area contributed by atoms with E-state index in [4.69, 9.17) is 16.3 Å². The molecular weight excluding hydrogens is 232 g/mol. The lowest BCUT2D eigenvalue weighted by Gasteiger charge is -2.12. The van der Waals surface area contributed by atoms with Gasteiger partial charge in [-0.05, 0) is 38.0 Å². The van der Waals surface area contributed by atoms with Crippen LogP contribution >= 0.6 is 11.6 Å². The Bertz CT molecular complexity index is 282. The van der Waals surface area contributed by atoms with E-state index in [2.05, 4.69) is 6.92 Å². The molecule has 0 bridgehead atoms. The summed E-state index contributed by atoms with van der Waals surface area (Å²) in [5.41, 5.74) is 1.25. The van der Waals surface area contributed by atoms with E-state index in [9.17, 15) is 0 Å². The third-order valence-electron chi connectivity index (χ3n) is 1.77. The summed E-state index contributed by atoms with van der Waals surface area (Å²) in [5, 5.41) is 0.686. The summed E-state index contributed by atoms with van der Waals surface area (Å²) in [4.78, 5) is 0. The second kappa shape index (κ2) is 11.8. The molecule has 0 amide bonds. The molecular formula is C15H27ClO.